The van der Waals surface area contributed by atoms with E-state index in [1.807, 2.05) is 6.92 Å². The Bertz CT molecular complexity index is 773. The molecular formula is C18H25ClN4O2. The molecule has 2 aromatic rings. The summed E-state index contributed by atoms with van der Waals surface area (Å²) in [4.78, 5) is 12.6. The molecule has 0 spiro atoms. The number of hydrogen-bond donors (Lipinski definition) is 1. The monoisotopic (exact) mass is 364 g/mol. The zero-order valence-corrected chi connectivity index (χ0v) is 16.0. The molecule has 0 saturated carbocycles. The second-order valence-corrected chi connectivity index (χ2v) is 8.08. The smallest absolute Gasteiger partial charge is 0.274 e. The number of aryl methyl sites for hydroxylation is 2. The van der Waals surface area contributed by atoms with Crippen molar-refractivity contribution in [2.75, 3.05) is 0 Å². The van der Waals surface area contributed by atoms with E-state index in [9.17, 15) is 4.79 Å². The third kappa shape index (κ3) is 3.59. The molecule has 136 valence electrons. The van der Waals surface area contributed by atoms with Gasteiger partial charge < -0.3 is 9.84 Å². The average Bonchev–Trinajstić information content (AvgIpc) is 3.14. The Morgan fingerprint density at radius 3 is 2.92 bits per heavy atom. The molecule has 2 aromatic heterocycles. The second-order valence-electron chi connectivity index (χ2n) is 7.68. The molecule has 6 nitrogen and oxygen atoms in total. The van der Waals surface area contributed by atoms with Gasteiger partial charge in [0.05, 0.1) is 23.5 Å². The maximum atomic E-state index is 12.6. The van der Waals surface area contributed by atoms with Gasteiger partial charge in [-0.15, -0.1) is 0 Å². The van der Waals surface area contributed by atoms with Gasteiger partial charge in [-0.2, -0.15) is 5.10 Å². The van der Waals surface area contributed by atoms with E-state index < -0.39 is 0 Å². The summed E-state index contributed by atoms with van der Waals surface area (Å²) in [6.07, 6.45) is 4.33. The first-order valence-corrected chi connectivity index (χ1v) is 9.14. The standard InChI is InChI=1S/C18H25ClN4O2/c1-5-23-14(13(19)9-21-23)10-20-17(24)16-12-8-11(18(2,3)4)6-7-15(12)25-22-16/h9,11H,5-8,10H2,1-4H3,(H,20,24)/t11-/m0/s1. The summed E-state index contributed by atoms with van der Waals surface area (Å²) in [7, 11) is 0. The first-order chi connectivity index (χ1) is 11.8. The minimum atomic E-state index is -0.223. The number of hydrogen-bond acceptors (Lipinski definition) is 4. The SMILES string of the molecule is CCn1ncc(Cl)c1CNC(=O)c1noc2c1C[C@@H](C(C)(C)C)CC2. The summed E-state index contributed by atoms with van der Waals surface area (Å²) in [5, 5.41) is 11.7. The van der Waals surface area contributed by atoms with E-state index in [0.29, 0.717) is 29.7 Å². The molecule has 1 N–H and O–H groups in total. The molecule has 0 fully saturated rings. The highest BCUT2D eigenvalue weighted by Crippen LogP contribution is 2.38. The van der Waals surface area contributed by atoms with Gasteiger partial charge in [-0.05, 0) is 31.1 Å². The zero-order chi connectivity index (χ0) is 18.2. The zero-order valence-electron chi connectivity index (χ0n) is 15.2. The van der Waals surface area contributed by atoms with Crippen LogP contribution in [0.1, 0.15) is 61.6 Å². The van der Waals surface area contributed by atoms with Gasteiger partial charge in [-0.25, -0.2) is 0 Å². The quantitative estimate of drug-likeness (QED) is 0.899. The van der Waals surface area contributed by atoms with Crippen LogP contribution < -0.4 is 5.32 Å². The molecule has 0 aromatic carbocycles. The van der Waals surface area contributed by atoms with Crippen molar-refractivity contribution in [1.82, 2.24) is 20.3 Å². The van der Waals surface area contributed by atoms with Crippen LogP contribution in [0, 0.1) is 11.3 Å². The fourth-order valence-electron chi connectivity index (χ4n) is 3.41. The van der Waals surface area contributed by atoms with Crippen LogP contribution in [0.5, 0.6) is 0 Å². The minimum absolute atomic E-state index is 0.198. The number of aromatic nitrogens is 3. The number of halogens is 1. The Labute approximate surface area is 152 Å². The van der Waals surface area contributed by atoms with E-state index in [4.69, 9.17) is 16.1 Å². The van der Waals surface area contributed by atoms with E-state index in [1.54, 1.807) is 10.9 Å². The van der Waals surface area contributed by atoms with Gasteiger partial charge in [-0.1, -0.05) is 37.5 Å². The van der Waals surface area contributed by atoms with Crippen molar-refractivity contribution in [3.05, 3.63) is 33.9 Å². The number of carbonyl (C=O) groups excluding carboxylic acids is 1. The molecule has 2 heterocycles. The van der Waals surface area contributed by atoms with Crippen molar-refractivity contribution in [3.8, 4) is 0 Å². The van der Waals surface area contributed by atoms with Gasteiger partial charge in [0.25, 0.3) is 5.91 Å². The van der Waals surface area contributed by atoms with Crippen molar-refractivity contribution < 1.29 is 9.32 Å². The lowest BCUT2D eigenvalue weighted by Crippen LogP contribution is -2.29. The highest BCUT2D eigenvalue weighted by molar-refractivity contribution is 6.31. The first-order valence-electron chi connectivity index (χ1n) is 8.77. The molecule has 25 heavy (non-hydrogen) atoms. The van der Waals surface area contributed by atoms with E-state index in [-0.39, 0.29) is 11.3 Å². The lowest BCUT2D eigenvalue weighted by Gasteiger charge is -2.33. The van der Waals surface area contributed by atoms with Gasteiger partial charge in [-0.3, -0.25) is 9.48 Å². The Hall–Kier alpha value is -1.82. The molecule has 3 rings (SSSR count). The van der Waals surface area contributed by atoms with Gasteiger partial charge in [0.15, 0.2) is 5.69 Å². The maximum absolute atomic E-state index is 12.6. The molecule has 0 bridgehead atoms. The predicted octanol–water partition coefficient (Wildman–Crippen LogP) is 3.63. The molecule has 0 unspecified atom stereocenters. The largest absolute Gasteiger partial charge is 0.360 e. The van der Waals surface area contributed by atoms with Crippen LogP contribution in [0.3, 0.4) is 0 Å². The molecule has 0 saturated heterocycles. The molecule has 1 aliphatic rings. The molecule has 0 radical (unpaired) electrons. The molecule has 1 aliphatic carbocycles. The van der Waals surface area contributed by atoms with E-state index in [2.05, 4.69) is 36.3 Å². The van der Waals surface area contributed by atoms with Crippen LogP contribution in [0.4, 0.5) is 0 Å². The lowest BCUT2D eigenvalue weighted by molar-refractivity contribution is 0.0939. The fourth-order valence-corrected chi connectivity index (χ4v) is 3.61. The van der Waals surface area contributed by atoms with Crippen molar-refractivity contribution in [3.63, 3.8) is 0 Å². The summed E-state index contributed by atoms with van der Waals surface area (Å²) in [6, 6.07) is 0. The number of nitrogens with one attached hydrogen (secondary N) is 1. The van der Waals surface area contributed by atoms with Crippen molar-refractivity contribution in [2.45, 2.75) is 60.0 Å². The Balaban J connectivity index is 1.74. The number of rotatable bonds is 4. The third-order valence-electron chi connectivity index (χ3n) is 5.09. The Morgan fingerprint density at radius 1 is 1.48 bits per heavy atom. The topological polar surface area (TPSA) is 73.0 Å². The third-order valence-corrected chi connectivity index (χ3v) is 5.41. The molecular weight excluding hydrogens is 340 g/mol. The summed E-state index contributed by atoms with van der Waals surface area (Å²) in [6.45, 7) is 9.72. The molecule has 0 aliphatic heterocycles. The fraction of sp³-hybridized carbons (Fsp3) is 0.611. The number of carbonyl (C=O) groups is 1. The normalized spacial score (nSPS) is 17.4. The van der Waals surface area contributed by atoms with Crippen LogP contribution in [-0.2, 0) is 25.9 Å². The van der Waals surface area contributed by atoms with Gasteiger partial charge in [0, 0.05) is 18.5 Å². The van der Waals surface area contributed by atoms with Crippen LogP contribution >= 0.6 is 11.6 Å². The molecule has 1 amide bonds. The Morgan fingerprint density at radius 2 is 2.24 bits per heavy atom. The summed E-state index contributed by atoms with van der Waals surface area (Å²) >= 11 is 6.15. The summed E-state index contributed by atoms with van der Waals surface area (Å²) in [5.74, 6) is 1.14. The predicted molar refractivity (Wildman–Crippen MR) is 95.6 cm³/mol. The van der Waals surface area contributed by atoms with E-state index in [1.165, 1.54) is 0 Å². The molecule has 1 atom stereocenters. The van der Waals surface area contributed by atoms with Gasteiger partial charge >= 0.3 is 0 Å². The highest BCUT2D eigenvalue weighted by Gasteiger charge is 2.34. The number of fused-ring (bicyclic) bond motifs is 1. The number of amides is 1. The van der Waals surface area contributed by atoms with Gasteiger partial charge in [0.1, 0.15) is 5.76 Å². The lowest BCUT2D eigenvalue weighted by atomic mass is 9.71. The Kier molecular flexibility index (Phi) is 4.91. The average molecular weight is 365 g/mol. The maximum Gasteiger partial charge on any atom is 0.274 e. The summed E-state index contributed by atoms with van der Waals surface area (Å²) in [5.41, 5.74) is 2.35. The van der Waals surface area contributed by atoms with Crippen molar-refractivity contribution in [1.29, 1.82) is 0 Å². The second kappa shape index (κ2) is 6.83. The van der Waals surface area contributed by atoms with Gasteiger partial charge in [0.2, 0.25) is 0 Å². The van der Waals surface area contributed by atoms with Crippen molar-refractivity contribution in [2.24, 2.45) is 11.3 Å². The first kappa shape index (κ1) is 18.0. The van der Waals surface area contributed by atoms with E-state index in [0.717, 1.165) is 36.3 Å². The number of nitrogens with zero attached hydrogens (tertiary/aromatic N) is 3. The van der Waals surface area contributed by atoms with Crippen LogP contribution in [0.15, 0.2) is 10.7 Å². The van der Waals surface area contributed by atoms with Crippen molar-refractivity contribution >= 4 is 17.5 Å². The summed E-state index contributed by atoms with van der Waals surface area (Å²) < 4.78 is 7.19. The van der Waals surface area contributed by atoms with Crippen LogP contribution in [-0.4, -0.2) is 20.8 Å². The highest BCUT2D eigenvalue weighted by atomic mass is 35.5. The minimum Gasteiger partial charge on any atom is -0.360 e. The van der Waals surface area contributed by atoms with Crippen LogP contribution in [0.2, 0.25) is 5.02 Å². The molecule has 7 heteroatoms. The van der Waals surface area contributed by atoms with E-state index >= 15 is 0 Å². The van der Waals surface area contributed by atoms with Crippen LogP contribution in [0.25, 0.3) is 0 Å².